The third kappa shape index (κ3) is 2.80. The third-order valence-electron chi connectivity index (χ3n) is 4.10. The lowest BCUT2D eigenvalue weighted by Gasteiger charge is -2.37. The Morgan fingerprint density at radius 3 is 2.89 bits per heavy atom. The number of nitrogens with two attached hydrogens (primary N) is 1. The number of halogens is 1. The Kier molecular flexibility index (Phi) is 4.17. The minimum Gasteiger partial charge on any atom is -0.325 e. The second-order valence-electron chi connectivity index (χ2n) is 5.90. The average molecular weight is 314 g/mol. The normalized spacial score (nSPS) is 28.6. The van der Waals surface area contributed by atoms with Crippen molar-refractivity contribution in [2.24, 2.45) is 11.7 Å². The van der Waals surface area contributed by atoms with Gasteiger partial charge in [0.1, 0.15) is 0 Å². The van der Waals surface area contributed by atoms with Crippen LogP contribution >= 0.6 is 15.9 Å². The summed E-state index contributed by atoms with van der Waals surface area (Å²) in [6.45, 7) is 7.41. The van der Waals surface area contributed by atoms with Crippen molar-refractivity contribution in [1.29, 1.82) is 0 Å². The quantitative estimate of drug-likeness (QED) is 0.929. The van der Waals surface area contributed by atoms with E-state index in [1.165, 1.54) is 18.5 Å². The van der Waals surface area contributed by atoms with E-state index in [-0.39, 0.29) is 5.54 Å². The topological polar surface area (TPSA) is 43.8 Å². The fraction of sp³-hybridized carbons (Fsp3) is 0.786. The third-order valence-corrected chi connectivity index (χ3v) is 5.13. The number of aryl methyl sites for hydroxylation is 2. The molecule has 1 aliphatic rings. The summed E-state index contributed by atoms with van der Waals surface area (Å²) in [6, 6.07) is 0. The fourth-order valence-corrected chi connectivity index (χ4v) is 3.66. The molecule has 0 radical (unpaired) electrons. The van der Waals surface area contributed by atoms with E-state index in [2.05, 4.69) is 39.6 Å². The maximum absolute atomic E-state index is 6.62. The summed E-state index contributed by atoms with van der Waals surface area (Å²) in [5, 5.41) is 4.56. The van der Waals surface area contributed by atoms with Gasteiger partial charge in [-0.3, -0.25) is 4.68 Å². The lowest BCUT2D eigenvalue weighted by molar-refractivity contribution is 0.231. The predicted octanol–water partition coefficient (Wildman–Crippen LogP) is 3.42. The molecule has 18 heavy (non-hydrogen) atoms. The van der Waals surface area contributed by atoms with Crippen molar-refractivity contribution in [1.82, 2.24) is 9.78 Å². The van der Waals surface area contributed by atoms with Gasteiger partial charge in [0, 0.05) is 18.5 Å². The zero-order valence-electron chi connectivity index (χ0n) is 11.7. The van der Waals surface area contributed by atoms with Gasteiger partial charge in [0.15, 0.2) is 0 Å². The first kappa shape index (κ1) is 14.1. The van der Waals surface area contributed by atoms with Gasteiger partial charge in [-0.15, -0.1) is 0 Å². The summed E-state index contributed by atoms with van der Waals surface area (Å²) in [4.78, 5) is 0. The Hall–Kier alpha value is -0.350. The second-order valence-corrected chi connectivity index (χ2v) is 6.70. The maximum Gasteiger partial charge on any atom is 0.0738 e. The van der Waals surface area contributed by atoms with E-state index < -0.39 is 0 Å². The molecule has 3 nitrogen and oxygen atoms in total. The zero-order valence-corrected chi connectivity index (χ0v) is 13.3. The summed E-state index contributed by atoms with van der Waals surface area (Å²) in [7, 11) is 0. The summed E-state index contributed by atoms with van der Waals surface area (Å²) in [5.41, 5.74) is 8.92. The molecule has 2 rings (SSSR count). The smallest absolute Gasteiger partial charge is 0.0738 e. The predicted molar refractivity (Wildman–Crippen MR) is 78.6 cm³/mol. The lowest BCUT2D eigenvalue weighted by atomic mass is 9.74. The molecule has 0 aromatic carbocycles. The van der Waals surface area contributed by atoms with Crippen molar-refractivity contribution < 1.29 is 0 Å². The summed E-state index contributed by atoms with van der Waals surface area (Å²) < 4.78 is 3.24. The SMILES string of the molecule is CCn1nc(C)c(Br)c1CC1(N)CCCC(C)C1. The highest BCUT2D eigenvalue weighted by Gasteiger charge is 2.33. The van der Waals surface area contributed by atoms with Gasteiger partial charge in [-0.2, -0.15) is 5.10 Å². The van der Waals surface area contributed by atoms with Crippen molar-refractivity contribution in [2.75, 3.05) is 0 Å². The maximum atomic E-state index is 6.62. The van der Waals surface area contributed by atoms with E-state index in [1.54, 1.807) is 0 Å². The molecular weight excluding hydrogens is 290 g/mol. The van der Waals surface area contributed by atoms with Crippen molar-refractivity contribution in [3.05, 3.63) is 15.9 Å². The highest BCUT2D eigenvalue weighted by atomic mass is 79.9. The fourth-order valence-electron chi connectivity index (χ4n) is 3.23. The molecule has 2 N–H and O–H groups in total. The molecule has 4 heteroatoms. The van der Waals surface area contributed by atoms with E-state index >= 15 is 0 Å². The Bertz CT molecular complexity index is 427. The monoisotopic (exact) mass is 313 g/mol. The summed E-state index contributed by atoms with van der Waals surface area (Å²) >= 11 is 3.67. The van der Waals surface area contributed by atoms with Crippen molar-refractivity contribution in [2.45, 2.75) is 65.0 Å². The van der Waals surface area contributed by atoms with E-state index in [0.717, 1.165) is 41.9 Å². The molecule has 1 aromatic heterocycles. The van der Waals surface area contributed by atoms with Crippen LogP contribution in [-0.4, -0.2) is 15.3 Å². The molecule has 0 amide bonds. The Balaban J connectivity index is 2.22. The first-order chi connectivity index (χ1) is 8.45. The van der Waals surface area contributed by atoms with Gasteiger partial charge in [-0.25, -0.2) is 0 Å². The standard InChI is InChI=1S/C14H24BrN3/c1-4-18-12(13(15)11(3)17-18)9-14(16)7-5-6-10(2)8-14/h10H,4-9,16H2,1-3H3. The summed E-state index contributed by atoms with van der Waals surface area (Å²) in [5.74, 6) is 0.752. The molecule has 1 aromatic rings. The van der Waals surface area contributed by atoms with Gasteiger partial charge in [-0.05, 0) is 48.5 Å². The second kappa shape index (κ2) is 5.33. The largest absolute Gasteiger partial charge is 0.325 e. The van der Waals surface area contributed by atoms with E-state index in [4.69, 9.17) is 5.73 Å². The molecule has 0 saturated heterocycles. The highest BCUT2D eigenvalue weighted by molar-refractivity contribution is 9.10. The summed E-state index contributed by atoms with van der Waals surface area (Å²) in [6.07, 6.45) is 5.79. The van der Waals surface area contributed by atoms with E-state index in [9.17, 15) is 0 Å². The van der Waals surface area contributed by atoms with Crippen LogP contribution < -0.4 is 5.73 Å². The van der Waals surface area contributed by atoms with E-state index in [1.807, 2.05) is 6.92 Å². The van der Waals surface area contributed by atoms with Gasteiger partial charge in [-0.1, -0.05) is 19.8 Å². The number of hydrogen-bond donors (Lipinski definition) is 1. The van der Waals surface area contributed by atoms with Crippen LogP contribution in [0.1, 0.15) is 50.9 Å². The van der Waals surface area contributed by atoms with Gasteiger partial charge in [0.05, 0.1) is 15.9 Å². The Labute approximate surface area is 118 Å². The molecule has 1 fully saturated rings. The minimum absolute atomic E-state index is 0.0421. The Morgan fingerprint density at radius 1 is 1.56 bits per heavy atom. The molecule has 0 aliphatic heterocycles. The average Bonchev–Trinajstić information content (AvgIpc) is 2.56. The van der Waals surface area contributed by atoms with Crippen LogP contribution in [0, 0.1) is 12.8 Å². The first-order valence-corrected chi connectivity index (χ1v) is 7.75. The van der Waals surface area contributed by atoms with Crippen LogP contribution in [0.15, 0.2) is 4.47 Å². The van der Waals surface area contributed by atoms with Crippen molar-refractivity contribution >= 4 is 15.9 Å². The lowest BCUT2D eigenvalue weighted by Crippen LogP contribution is -2.46. The number of aromatic nitrogens is 2. The Morgan fingerprint density at radius 2 is 2.28 bits per heavy atom. The molecule has 2 unspecified atom stereocenters. The molecule has 102 valence electrons. The van der Waals surface area contributed by atoms with Crippen LogP contribution in [0.4, 0.5) is 0 Å². The van der Waals surface area contributed by atoms with Gasteiger partial charge in [0.2, 0.25) is 0 Å². The molecule has 0 spiro atoms. The minimum atomic E-state index is -0.0421. The van der Waals surface area contributed by atoms with Gasteiger partial charge < -0.3 is 5.73 Å². The number of rotatable bonds is 3. The molecule has 2 atom stereocenters. The van der Waals surface area contributed by atoms with E-state index in [0.29, 0.717) is 0 Å². The van der Waals surface area contributed by atoms with Crippen LogP contribution in [0.3, 0.4) is 0 Å². The van der Waals surface area contributed by atoms with Gasteiger partial charge in [0.25, 0.3) is 0 Å². The van der Waals surface area contributed by atoms with Crippen LogP contribution in [-0.2, 0) is 13.0 Å². The van der Waals surface area contributed by atoms with Crippen molar-refractivity contribution in [3.8, 4) is 0 Å². The highest BCUT2D eigenvalue weighted by Crippen LogP contribution is 2.35. The first-order valence-electron chi connectivity index (χ1n) is 6.96. The number of nitrogens with zero attached hydrogens (tertiary/aromatic N) is 2. The van der Waals surface area contributed by atoms with Crippen LogP contribution in [0.25, 0.3) is 0 Å². The molecule has 0 bridgehead atoms. The molecule has 1 aliphatic carbocycles. The van der Waals surface area contributed by atoms with Gasteiger partial charge >= 0.3 is 0 Å². The molecule has 1 saturated carbocycles. The number of hydrogen-bond acceptors (Lipinski definition) is 2. The molecular formula is C14H24BrN3. The van der Waals surface area contributed by atoms with Crippen molar-refractivity contribution in [3.63, 3.8) is 0 Å². The molecule has 1 heterocycles. The van der Waals surface area contributed by atoms with Crippen LogP contribution in [0.2, 0.25) is 0 Å². The zero-order chi connectivity index (χ0) is 13.3. The van der Waals surface area contributed by atoms with Crippen LogP contribution in [0.5, 0.6) is 0 Å².